The maximum atomic E-state index is 13.3. The van der Waals surface area contributed by atoms with Gasteiger partial charge in [-0.15, -0.1) is 0 Å². The minimum Gasteiger partial charge on any atom is -0.481 e. The van der Waals surface area contributed by atoms with Crippen LogP contribution in [0.1, 0.15) is 19.3 Å². The minimum absolute atomic E-state index is 0.0296. The van der Waals surface area contributed by atoms with Crippen molar-refractivity contribution in [1.29, 1.82) is 0 Å². The summed E-state index contributed by atoms with van der Waals surface area (Å²) in [5.74, 6) is -0.895. The third kappa shape index (κ3) is 5.16. The van der Waals surface area contributed by atoms with Crippen LogP contribution in [0.25, 0.3) is 0 Å². The van der Waals surface area contributed by atoms with Crippen LogP contribution in [0.15, 0.2) is 60.7 Å². The van der Waals surface area contributed by atoms with E-state index in [1.54, 1.807) is 0 Å². The Kier molecular flexibility index (Phi) is 6.64. The number of carboxylic acid groups (broad SMARTS) is 1. The van der Waals surface area contributed by atoms with Crippen molar-refractivity contribution in [3.8, 4) is 0 Å². The molecule has 0 radical (unpaired) electrons. The highest BCUT2D eigenvalue weighted by atomic mass is 32.2. The molecule has 0 amide bonds. The number of likely N-dealkylation sites (tertiary alicyclic amines) is 1. The van der Waals surface area contributed by atoms with E-state index in [1.165, 1.54) is 0 Å². The maximum Gasteiger partial charge on any atom is 0.304 e. The quantitative estimate of drug-likeness (QED) is 0.683. The van der Waals surface area contributed by atoms with Gasteiger partial charge in [0.25, 0.3) is 0 Å². The van der Waals surface area contributed by atoms with Crippen LogP contribution < -0.4 is 10.6 Å². The number of rotatable bonds is 8. The largest absolute Gasteiger partial charge is 0.481 e. The van der Waals surface area contributed by atoms with Crippen molar-refractivity contribution in [3.63, 3.8) is 0 Å². The monoisotopic (exact) mass is 405 g/mol. The van der Waals surface area contributed by atoms with E-state index in [9.17, 15) is 13.2 Å². The molecule has 1 aliphatic rings. The predicted molar refractivity (Wildman–Crippen MR) is 110 cm³/mol. The zero-order valence-corrected chi connectivity index (χ0v) is 16.8. The average molecular weight is 405 g/mol. The van der Waals surface area contributed by atoms with Crippen molar-refractivity contribution < 1.29 is 18.3 Å². The van der Waals surface area contributed by atoms with Gasteiger partial charge in [0.1, 0.15) is 5.37 Å². The third-order valence-electron chi connectivity index (χ3n) is 4.78. The molecule has 3 rings (SSSR count). The third-order valence-corrected chi connectivity index (χ3v) is 10.5. The van der Waals surface area contributed by atoms with Crippen molar-refractivity contribution in [2.45, 2.75) is 24.6 Å². The lowest BCUT2D eigenvalue weighted by molar-refractivity contribution is -0.137. The molecule has 0 spiro atoms. The first-order valence-corrected chi connectivity index (χ1v) is 12.3. The van der Waals surface area contributed by atoms with Gasteiger partial charge in [-0.25, -0.2) is 8.42 Å². The van der Waals surface area contributed by atoms with Crippen LogP contribution in [-0.4, -0.2) is 48.4 Å². The van der Waals surface area contributed by atoms with Gasteiger partial charge in [-0.1, -0.05) is 60.7 Å². The first kappa shape index (κ1) is 20.0. The molecule has 1 saturated heterocycles. The summed E-state index contributed by atoms with van der Waals surface area (Å²) in [5.41, 5.74) is 0.0879. The Balaban J connectivity index is 1.85. The highest BCUT2D eigenvalue weighted by Crippen LogP contribution is 2.38. The summed E-state index contributed by atoms with van der Waals surface area (Å²) in [5, 5.41) is 10.4. The summed E-state index contributed by atoms with van der Waals surface area (Å²) in [6.07, 6.45) is 1.34. The molecule has 1 N–H and O–H groups in total. The summed E-state index contributed by atoms with van der Waals surface area (Å²) in [6.45, 7) is 0.930. The van der Waals surface area contributed by atoms with E-state index in [2.05, 4.69) is 0 Å². The molecule has 7 heteroatoms. The van der Waals surface area contributed by atoms with Crippen LogP contribution in [0.5, 0.6) is 0 Å². The zero-order chi connectivity index (χ0) is 19.3. The van der Waals surface area contributed by atoms with Crippen LogP contribution in [0.2, 0.25) is 0 Å². The van der Waals surface area contributed by atoms with Crippen molar-refractivity contribution >= 4 is 34.3 Å². The number of hydrogen-bond donors (Lipinski definition) is 1. The number of aliphatic carboxylic acids is 1. The van der Waals surface area contributed by atoms with Gasteiger partial charge >= 0.3 is 5.97 Å². The maximum absolute atomic E-state index is 13.3. The molecule has 0 aromatic heterocycles. The molecule has 0 aliphatic carbocycles. The second-order valence-corrected chi connectivity index (χ2v) is 11.5. The van der Waals surface area contributed by atoms with Gasteiger partial charge in [0.05, 0.1) is 11.9 Å². The Bertz CT molecular complexity index is 819. The average Bonchev–Trinajstić information content (AvgIpc) is 3.16. The van der Waals surface area contributed by atoms with Gasteiger partial charge in [-0.3, -0.25) is 9.69 Å². The molecule has 27 heavy (non-hydrogen) atoms. The van der Waals surface area contributed by atoms with Gasteiger partial charge < -0.3 is 5.11 Å². The Morgan fingerprint density at radius 2 is 1.59 bits per heavy atom. The molecular formula is C20H24NO4PS. The second-order valence-electron chi connectivity index (χ2n) is 6.67. The number of sulfone groups is 1. The van der Waals surface area contributed by atoms with Crippen molar-refractivity contribution in [2.24, 2.45) is 0 Å². The Labute approximate surface area is 161 Å². The summed E-state index contributed by atoms with van der Waals surface area (Å²) in [6, 6.07) is 19.6. The van der Waals surface area contributed by atoms with Gasteiger partial charge in [0, 0.05) is 6.54 Å². The van der Waals surface area contributed by atoms with Gasteiger partial charge in [-0.05, 0) is 37.9 Å². The van der Waals surface area contributed by atoms with Crippen LogP contribution in [0.3, 0.4) is 0 Å². The van der Waals surface area contributed by atoms with Crippen molar-refractivity contribution in [3.05, 3.63) is 60.7 Å². The lowest BCUT2D eigenvalue weighted by atomic mass is 10.4. The Morgan fingerprint density at radius 1 is 1.04 bits per heavy atom. The fourth-order valence-corrected chi connectivity index (χ4v) is 9.35. The fourth-order valence-electron chi connectivity index (χ4n) is 3.48. The molecule has 1 fully saturated rings. The lowest BCUT2D eigenvalue weighted by Crippen LogP contribution is -2.39. The van der Waals surface area contributed by atoms with E-state index in [0.717, 1.165) is 17.0 Å². The number of carbonyl (C=O) groups is 1. The second kappa shape index (κ2) is 8.96. The minimum atomic E-state index is -3.39. The SMILES string of the molecule is O=C(O)CCN1CCC[C@@H]1S(=O)(=O)CP(c1ccccc1)c1ccccc1. The van der Waals surface area contributed by atoms with Crippen LogP contribution in [0.4, 0.5) is 0 Å². The zero-order valence-electron chi connectivity index (χ0n) is 15.1. The summed E-state index contributed by atoms with van der Waals surface area (Å²) in [4.78, 5) is 12.7. The van der Waals surface area contributed by atoms with E-state index < -0.39 is 29.1 Å². The standard InChI is InChI=1S/C20H24NO4PS/c22-20(23)13-15-21-14-7-12-19(21)27(24,25)16-26(17-8-3-1-4-9-17)18-10-5-2-6-11-18/h1-6,8-11,19H,7,12-16H2,(H,22,23)/t19-/m0/s1. The number of benzene rings is 2. The molecule has 1 aliphatic heterocycles. The van der Waals surface area contributed by atoms with E-state index >= 15 is 0 Å². The predicted octanol–water partition coefficient (Wildman–Crippen LogP) is 2.39. The molecule has 2 aromatic carbocycles. The molecule has 0 unspecified atom stereocenters. The summed E-state index contributed by atoms with van der Waals surface area (Å²) < 4.78 is 26.5. The Hall–Kier alpha value is -1.75. The topological polar surface area (TPSA) is 74.7 Å². The van der Waals surface area contributed by atoms with Crippen molar-refractivity contribution in [1.82, 2.24) is 4.90 Å². The Morgan fingerprint density at radius 3 is 2.11 bits per heavy atom. The smallest absolute Gasteiger partial charge is 0.304 e. The van der Waals surface area contributed by atoms with E-state index in [0.29, 0.717) is 13.0 Å². The van der Waals surface area contributed by atoms with E-state index in [4.69, 9.17) is 5.11 Å². The molecule has 144 valence electrons. The molecule has 0 bridgehead atoms. The van der Waals surface area contributed by atoms with E-state index in [1.807, 2.05) is 65.6 Å². The fraction of sp³-hybridized carbons (Fsp3) is 0.350. The number of hydrogen-bond acceptors (Lipinski definition) is 4. The molecule has 2 aromatic rings. The van der Waals surface area contributed by atoms with Crippen molar-refractivity contribution in [2.75, 3.05) is 18.6 Å². The highest BCUT2D eigenvalue weighted by molar-refractivity contribution is 8.01. The number of carboxylic acids is 1. The van der Waals surface area contributed by atoms with Crippen LogP contribution >= 0.6 is 7.92 Å². The van der Waals surface area contributed by atoms with Gasteiger partial charge in [0.2, 0.25) is 0 Å². The number of nitrogens with zero attached hydrogens (tertiary/aromatic N) is 1. The molecule has 0 saturated carbocycles. The summed E-state index contributed by atoms with van der Waals surface area (Å²) in [7, 11) is -4.42. The highest BCUT2D eigenvalue weighted by Gasteiger charge is 2.37. The van der Waals surface area contributed by atoms with Gasteiger partial charge in [0.15, 0.2) is 9.84 Å². The van der Waals surface area contributed by atoms with Gasteiger partial charge in [-0.2, -0.15) is 0 Å². The van der Waals surface area contributed by atoms with E-state index in [-0.39, 0.29) is 18.5 Å². The molecule has 1 heterocycles. The normalized spacial score (nSPS) is 18.0. The van der Waals surface area contributed by atoms with Crippen LogP contribution in [-0.2, 0) is 14.6 Å². The lowest BCUT2D eigenvalue weighted by Gasteiger charge is -2.26. The summed E-state index contributed by atoms with van der Waals surface area (Å²) >= 11 is 0. The molecular weight excluding hydrogens is 381 g/mol. The van der Waals surface area contributed by atoms with Crippen LogP contribution in [0, 0.1) is 0 Å². The first-order valence-electron chi connectivity index (χ1n) is 9.02. The molecule has 1 atom stereocenters. The first-order chi connectivity index (χ1) is 13.0. The molecule has 5 nitrogen and oxygen atoms in total.